The van der Waals surface area contributed by atoms with Crippen molar-refractivity contribution in [3.63, 3.8) is 0 Å². The average molecular weight is 304 g/mol. The quantitative estimate of drug-likeness (QED) is 0.931. The maximum Gasteiger partial charge on any atom is 0.216 e. The van der Waals surface area contributed by atoms with E-state index in [1.54, 1.807) is 18.3 Å². The third-order valence-corrected chi connectivity index (χ3v) is 4.82. The summed E-state index contributed by atoms with van der Waals surface area (Å²) in [4.78, 5) is 20.3. The van der Waals surface area contributed by atoms with E-state index in [2.05, 4.69) is 33.3 Å². The van der Waals surface area contributed by atoms with Crippen molar-refractivity contribution in [2.75, 3.05) is 44.2 Å². The summed E-state index contributed by atoms with van der Waals surface area (Å²) in [6.07, 6.45) is 0. The predicted octanol–water partition coefficient (Wildman–Crippen LogP) is 1.55. The molecule has 0 radical (unpaired) electrons. The molecule has 1 aliphatic heterocycles. The molecule has 2 heterocycles. The van der Waals surface area contributed by atoms with Crippen LogP contribution in [0.3, 0.4) is 0 Å². The van der Waals surface area contributed by atoms with Crippen molar-refractivity contribution in [1.82, 2.24) is 15.2 Å². The minimum Gasteiger partial charge on any atom is -0.355 e. The number of carbonyl (C=O) groups is 1. The second-order valence-corrected chi connectivity index (χ2v) is 6.28. The first-order valence-corrected chi connectivity index (χ1v) is 8.11. The van der Waals surface area contributed by atoms with Crippen LogP contribution in [-0.4, -0.2) is 55.1 Å². The van der Waals surface area contributed by atoms with E-state index < -0.39 is 0 Å². The van der Waals surface area contributed by atoms with E-state index in [1.807, 2.05) is 6.07 Å². The largest absolute Gasteiger partial charge is 0.355 e. The summed E-state index contributed by atoms with van der Waals surface area (Å²) in [6, 6.07) is 8.29. The Morgan fingerprint density at radius 2 is 2.05 bits per heavy atom. The van der Waals surface area contributed by atoms with Gasteiger partial charge in [0.25, 0.3) is 0 Å². The molecule has 1 fully saturated rings. The molecule has 3 rings (SSSR count). The number of hydrogen-bond acceptors (Lipinski definition) is 5. The standard InChI is InChI=1S/C15H20N4OS/c1-12(20)16-6-7-18-8-10-19(11-9-18)15-17-13-4-2-3-5-14(13)21-15/h2-5H,6-11H2,1H3,(H,16,20). The Bertz CT molecular complexity index is 586. The molecule has 1 aromatic carbocycles. The summed E-state index contributed by atoms with van der Waals surface area (Å²) < 4.78 is 1.25. The molecule has 1 aromatic heterocycles. The van der Waals surface area contributed by atoms with Gasteiger partial charge in [0.05, 0.1) is 10.2 Å². The number of nitrogens with zero attached hydrogens (tertiary/aromatic N) is 3. The molecule has 1 saturated heterocycles. The number of piperazine rings is 1. The summed E-state index contributed by atoms with van der Waals surface area (Å²) in [5, 5.41) is 3.97. The van der Waals surface area contributed by atoms with E-state index in [-0.39, 0.29) is 5.91 Å². The molecule has 6 heteroatoms. The van der Waals surface area contributed by atoms with E-state index >= 15 is 0 Å². The molecule has 1 N–H and O–H groups in total. The van der Waals surface area contributed by atoms with Crippen LogP contribution in [-0.2, 0) is 4.79 Å². The zero-order valence-electron chi connectivity index (χ0n) is 12.2. The van der Waals surface area contributed by atoms with E-state index in [0.717, 1.165) is 49.9 Å². The summed E-state index contributed by atoms with van der Waals surface area (Å²) in [7, 11) is 0. The van der Waals surface area contributed by atoms with Gasteiger partial charge in [-0.05, 0) is 12.1 Å². The van der Waals surface area contributed by atoms with Gasteiger partial charge in [-0.2, -0.15) is 0 Å². The minimum atomic E-state index is 0.0445. The van der Waals surface area contributed by atoms with Crippen LogP contribution in [0.4, 0.5) is 5.13 Å². The number of anilines is 1. The fourth-order valence-corrected chi connectivity index (χ4v) is 3.57. The first-order valence-electron chi connectivity index (χ1n) is 7.30. The Labute approximate surface area is 128 Å². The average Bonchev–Trinajstić information content (AvgIpc) is 2.91. The first kappa shape index (κ1) is 14.3. The number of para-hydroxylation sites is 1. The van der Waals surface area contributed by atoms with E-state index in [0.29, 0.717) is 0 Å². The van der Waals surface area contributed by atoms with Crippen LogP contribution in [0.5, 0.6) is 0 Å². The van der Waals surface area contributed by atoms with Gasteiger partial charge in [0.15, 0.2) is 5.13 Å². The van der Waals surface area contributed by atoms with Crippen molar-refractivity contribution in [2.24, 2.45) is 0 Å². The summed E-state index contributed by atoms with van der Waals surface area (Å²) in [5.74, 6) is 0.0445. The SMILES string of the molecule is CC(=O)NCCN1CCN(c2nc3ccccc3s2)CC1. The lowest BCUT2D eigenvalue weighted by molar-refractivity contribution is -0.119. The van der Waals surface area contributed by atoms with Gasteiger partial charge in [0.2, 0.25) is 5.91 Å². The molecule has 21 heavy (non-hydrogen) atoms. The lowest BCUT2D eigenvalue weighted by Gasteiger charge is -2.34. The maximum atomic E-state index is 10.9. The van der Waals surface area contributed by atoms with Crippen molar-refractivity contribution in [1.29, 1.82) is 0 Å². The third-order valence-electron chi connectivity index (χ3n) is 3.73. The molecule has 0 saturated carbocycles. The number of nitrogens with one attached hydrogen (secondary N) is 1. The van der Waals surface area contributed by atoms with Crippen LogP contribution in [0.15, 0.2) is 24.3 Å². The van der Waals surface area contributed by atoms with Crippen molar-refractivity contribution in [2.45, 2.75) is 6.92 Å². The number of rotatable bonds is 4. The highest BCUT2D eigenvalue weighted by Gasteiger charge is 2.19. The smallest absolute Gasteiger partial charge is 0.216 e. The topological polar surface area (TPSA) is 48.5 Å². The van der Waals surface area contributed by atoms with Crippen molar-refractivity contribution in [3.05, 3.63) is 24.3 Å². The monoisotopic (exact) mass is 304 g/mol. The Hall–Kier alpha value is -1.66. The van der Waals surface area contributed by atoms with Gasteiger partial charge in [0, 0.05) is 46.2 Å². The molecular weight excluding hydrogens is 284 g/mol. The van der Waals surface area contributed by atoms with Crippen molar-refractivity contribution >= 4 is 32.6 Å². The number of hydrogen-bond donors (Lipinski definition) is 1. The van der Waals surface area contributed by atoms with Gasteiger partial charge >= 0.3 is 0 Å². The summed E-state index contributed by atoms with van der Waals surface area (Å²) in [6.45, 7) is 7.26. The highest BCUT2D eigenvalue weighted by molar-refractivity contribution is 7.22. The molecule has 1 amide bonds. The molecule has 0 atom stereocenters. The Morgan fingerprint density at radius 3 is 2.76 bits per heavy atom. The third kappa shape index (κ3) is 3.51. The van der Waals surface area contributed by atoms with Crippen LogP contribution in [0.25, 0.3) is 10.2 Å². The van der Waals surface area contributed by atoms with Crippen molar-refractivity contribution < 1.29 is 4.79 Å². The molecule has 2 aromatic rings. The van der Waals surface area contributed by atoms with Gasteiger partial charge in [-0.15, -0.1) is 0 Å². The van der Waals surface area contributed by atoms with Gasteiger partial charge in [0.1, 0.15) is 0 Å². The van der Waals surface area contributed by atoms with Crippen LogP contribution in [0, 0.1) is 0 Å². The van der Waals surface area contributed by atoms with Crippen LogP contribution in [0.2, 0.25) is 0 Å². The molecular formula is C15H20N4OS. The normalized spacial score (nSPS) is 16.3. The van der Waals surface area contributed by atoms with Gasteiger partial charge < -0.3 is 10.2 Å². The lowest BCUT2D eigenvalue weighted by atomic mass is 10.3. The second-order valence-electron chi connectivity index (χ2n) is 5.28. The zero-order chi connectivity index (χ0) is 14.7. The predicted molar refractivity (Wildman–Crippen MR) is 87.0 cm³/mol. The second kappa shape index (κ2) is 6.41. The molecule has 0 spiro atoms. The molecule has 0 aliphatic carbocycles. The fraction of sp³-hybridized carbons (Fsp3) is 0.467. The van der Waals surface area contributed by atoms with Crippen LogP contribution < -0.4 is 10.2 Å². The number of benzene rings is 1. The summed E-state index contributed by atoms with van der Waals surface area (Å²) >= 11 is 1.77. The minimum absolute atomic E-state index is 0.0445. The zero-order valence-corrected chi connectivity index (χ0v) is 13.0. The molecule has 5 nitrogen and oxygen atoms in total. The molecule has 0 bridgehead atoms. The van der Waals surface area contributed by atoms with Crippen LogP contribution >= 0.6 is 11.3 Å². The lowest BCUT2D eigenvalue weighted by Crippen LogP contribution is -2.48. The summed E-state index contributed by atoms with van der Waals surface area (Å²) in [5.41, 5.74) is 1.09. The number of amides is 1. The molecule has 0 unspecified atom stereocenters. The van der Waals surface area contributed by atoms with E-state index in [4.69, 9.17) is 4.98 Å². The van der Waals surface area contributed by atoms with Gasteiger partial charge in [-0.1, -0.05) is 23.5 Å². The fourth-order valence-electron chi connectivity index (χ4n) is 2.55. The Kier molecular flexibility index (Phi) is 4.36. The Balaban J connectivity index is 1.54. The van der Waals surface area contributed by atoms with Gasteiger partial charge in [-0.25, -0.2) is 4.98 Å². The van der Waals surface area contributed by atoms with E-state index in [1.165, 1.54) is 4.70 Å². The highest BCUT2D eigenvalue weighted by Crippen LogP contribution is 2.28. The maximum absolute atomic E-state index is 10.9. The van der Waals surface area contributed by atoms with Crippen molar-refractivity contribution in [3.8, 4) is 0 Å². The van der Waals surface area contributed by atoms with E-state index in [9.17, 15) is 4.79 Å². The highest BCUT2D eigenvalue weighted by atomic mass is 32.1. The number of thiazole rings is 1. The van der Waals surface area contributed by atoms with Crippen LogP contribution in [0.1, 0.15) is 6.92 Å². The number of aromatic nitrogens is 1. The number of carbonyl (C=O) groups excluding carboxylic acids is 1. The number of fused-ring (bicyclic) bond motifs is 1. The molecule has 112 valence electrons. The Morgan fingerprint density at radius 1 is 1.29 bits per heavy atom. The molecule has 1 aliphatic rings. The van der Waals surface area contributed by atoms with Gasteiger partial charge in [-0.3, -0.25) is 9.69 Å². The first-order chi connectivity index (χ1) is 10.2.